The van der Waals surface area contributed by atoms with Gasteiger partial charge >= 0.3 is 0 Å². The van der Waals surface area contributed by atoms with Crippen LogP contribution in [0.4, 0.5) is 0 Å². The fourth-order valence-corrected chi connectivity index (χ4v) is 0.820. The maximum atomic E-state index is 5.11. The Kier molecular flexibility index (Phi) is 2.99. The first-order chi connectivity index (χ1) is 4.93. The minimum absolute atomic E-state index is 0.834. The van der Waals surface area contributed by atoms with E-state index in [1.54, 1.807) is 6.26 Å². The molecule has 0 unspecified atom stereocenters. The highest BCUT2D eigenvalue weighted by molar-refractivity contribution is 4.97. The molecular formula is C7H12N2O. The molecule has 10 heavy (non-hydrogen) atoms. The van der Waals surface area contributed by atoms with E-state index in [0.29, 0.717) is 0 Å². The molecule has 56 valence electrons. The molecule has 0 spiro atoms. The van der Waals surface area contributed by atoms with Crippen LogP contribution in [-0.2, 0) is 6.42 Å². The van der Waals surface area contributed by atoms with Crippen molar-refractivity contribution in [3.63, 3.8) is 0 Å². The molecule has 0 fully saturated rings. The number of rotatable bonds is 4. The lowest BCUT2D eigenvalue weighted by atomic mass is 10.2. The summed E-state index contributed by atoms with van der Waals surface area (Å²) < 4.78 is 5.11. The summed E-state index contributed by atoms with van der Waals surface area (Å²) in [4.78, 5) is 0. The second-order valence-electron chi connectivity index (χ2n) is 2.14. The average molecular weight is 140 g/mol. The van der Waals surface area contributed by atoms with Crippen LogP contribution in [0.25, 0.3) is 0 Å². The molecule has 0 atom stereocenters. The molecule has 0 aliphatic rings. The van der Waals surface area contributed by atoms with Crippen molar-refractivity contribution in [2.75, 3.05) is 6.54 Å². The number of nitrogens with one attached hydrogen (secondary N) is 1. The lowest BCUT2D eigenvalue weighted by molar-refractivity contribution is 0.497. The van der Waals surface area contributed by atoms with Gasteiger partial charge in [0.25, 0.3) is 0 Å². The first-order valence-corrected chi connectivity index (χ1v) is 3.39. The van der Waals surface area contributed by atoms with Gasteiger partial charge in [0.1, 0.15) is 5.76 Å². The molecule has 0 saturated carbocycles. The van der Waals surface area contributed by atoms with Crippen molar-refractivity contribution in [1.82, 2.24) is 5.43 Å². The van der Waals surface area contributed by atoms with Crippen molar-refractivity contribution in [3.8, 4) is 0 Å². The Balaban J connectivity index is 2.15. The Morgan fingerprint density at radius 1 is 1.60 bits per heavy atom. The van der Waals surface area contributed by atoms with Crippen LogP contribution < -0.4 is 11.3 Å². The van der Waals surface area contributed by atoms with E-state index in [0.717, 1.165) is 25.1 Å². The van der Waals surface area contributed by atoms with E-state index >= 15 is 0 Å². The lowest BCUT2D eigenvalue weighted by Gasteiger charge is -1.94. The maximum absolute atomic E-state index is 5.11. The van der Waals surface area contributed by atoms with Crippen LogP contribution in [0, 0.1) is 0 Å². The molecule has 3 N–H and O–H groups in total. The Morgan fingerprint density at radius 3 is 3.10 bits per heavy atom. The van der Waals surface area contributed by atoms with Crippen LogP contribution in [0.15, 0.2) is 22.8 Å². The van der Waals surface area contributed by atoms with Crippen molar-refractivity contribution in [2.24, 2.45) is 5.84 Å². The highest BCUT2D eigenvalue weighted by Crippen LogP contribution is 2.01. The van der Waals surface area contributed by atoms with Gasteiger partial charge in [0.2, 0.25) is 0 Å². The molecule has 0 radical (unpaired) electrons. The Morgan fingerprint density at radius 2 is 2.50 bits per heavy atom. The van der Waals surface area contributed by atoms with Crippen molar-refractivity contribution in [2.45, 2.75) is 12.8 Å². The molecule has 3 heteroatoms. The summed E-state index contributed by atoms with van der Waals surface area (Å²) >= 11 is 0. The quantitative estimate of drug-likeness (QED) is 0.367. The topological polar surface area (TPSA) is 51.2 Å². The Hall–Kier alpha value is -0.800. The molecule has 1 aromatic rings. The molecule has 1 rings (SSSR count). The zero-order chi connectivity index (χ0) is 7.23. The maximum Gasteiger partial charge on any atom is 0.103 e. The number of hydrogen-bond donors (Lipinski definition) is 2. The smallest absolute Gasteiger partial charge is 0.103 e. The zero-order valence-corrected chi connectivity index (χ0v) is 5.84. The van der Waals surface area contributed by atoms with Gasteiger partial charge < -0.3 is 4.42 Å². The van der Waals surface area contributed by atoms with Gasteiger partial charge in [-0.05, 0) is 18.6 Å². The summed E-state index contributed by atoms with van der Waals surface area (Å²) in [5, 5.41) is 0. The molecule has 0 amide bonds. The van der Waals surface area contributed by atoms with Gasteiger partial charge in [-0.25, -0.2) is 0 Å². The third-order valence-electron chi connectivity index (χ3n) is 1.32. The summed E-state index contributed by atoms with van der Waals surface area (Å²) in [5.41, 5.74) is 2.59. The molecule has 3 nitrogen and oxygen atoms in total. The van der Waals surface area contributed by atoms with Crippen LogP contribution in [0.5, 0.6) is 0 Å². The van der Waals surface area contributed by atoms with Crippen LogP contribution in [0.3, 0.4) is 0 Å². The third kappa shape index (κ3) is 2.21. The number of nitrogens with two attached hydrogens (primary N) is 1. The van der Waals surface area contributed by atoms with E-state index in [-0.39, 0.29) is 0 Å². The fraction of sp³-hybridized carbons (Fsp3) is 0.429. The van der Waals surface area contributed by atoms with Gasteiger partial charge in [-0.15, -0.1) is 0 Å². The predicted octanol–water partition coefficient (Wildman–Crippen LogP) is 0.675. The lowest BCUT2D eigenvalue weighted by Crippen LogP contribution is -2.23. The van der Waals surface area contributed by atoms with E-state index in [4.69, 9.17) is 10.3 Å². The molecule has 0 aliphatic carbocycles. The fourth-order valence-electron chi connectivity index (χ4n) is 0.820. The number of hydrogen-bond acceptors (Lipinski definition) is 3. The second kappa shape index (κ2) is 4.09. The van der Waals surface area contributed by atoms with Crippen LogP contribution in [0.2, 0.25) is 0 Å². The minimum Gasteiger partial charge on any atom is -0.469 e. The molecule has 0 aromatic carbocycles. The van der Waals surface area contributed by atoms with Gasteiger partial charge in [-0.2, -0.15) is 0 Å². The van der Waals surface area contributed by atoms with E-state index in [2.05, 4.69) is 5.43 Å². The highest BCUT2D eigenvalue weighted by atomic mass is 16.3. The summed E-state index contributed by atoms with van der Waals surface area (Å²) in [6.07, 6.45) is 3.66. The predicted molar refractivity (Wildman–Crippen MR) is 39.2 cm³/mol. The van der Waals surface area contributed by atoms with Crippen LogP contribution in [0.1, 0.15) is 12.2 Å². The Labute approximate surface area is 60.2 Å². The van der Waals surface area contributed by atoms with Gasteiger partial charge in [-0.1, -0.05) is 0 Å². The van der Waals surface area contributed by atoms with Crippen molar-refractivity contribution < 1.29 is 4.42 Å². The van der Waals surface area contributed by atoms with Crippen molar-refractivity contribution in [3.05, 3.63) is 24.2 Å². The largest absolute Gasteiger partial charge is 0.469 e. The normalized spacial score (nSPS) is 10.1. The summed E-state index contributed by atoms with van der Waals surface area (Å²) in [6, 6.07) is 3.86. The van der Waals surface area contributed by atoms with E-state index in [1.807, 2.05) is 12.1 Å². The molecular weight excluding hydrogens is 128 g/mol. The van der Waals surface area contributed by atoms with E-state index in [9.17, 15) is 0 Å². The molecule has 1 heterocycles. The van der Waals surface area contributed by atoms with Gasteiger partial charge in [0, 0.05) is 13.0 Å². The molecule has 0 saturated heterocycles. The molecule has 0 aliphatic heterocycles. The highest BCUT2D eigenvalue weighted by Gasteiger charge is 1.92. The van der Waals surface area contributed by atoms with Gasteiger partial charge in [-0.3, -0.25) is 11.3 Å². The summed E-state index contributed by atoms with van der Waals surface area (Å²) in [6.45, 7) is 0.834. The van der Waals surface area contributed by atoms with Gasteiger partial charge in [0.15, 0.2) is 0 Å². The molecule has 1 aromatic heterocycles. The van der Waals surface area contributed by atoms with Crippen molar-refractivity contribution in [1.29, 1.82) is 0 Å². The van der Waals surface area contributed by atoms with E-state index in [1.165, 1.54) is 0 Å². The van der Waals surface area contributed by atoms with Crippen molar-refractivity contribution >= 4 is 0 Å². The number of hydrazine groups is 1. The third-order valence-corrected chi connectivity index (χ3v) is 1.32. The summed E-state index contributed by atoms with van der Waals surface area (Å²) in [7, 11) is 0. The standard InChI is InChI=1S/C7H12N2O/c8-9-5-1-3-7-4-2-6-10-7/h2,4,6,9H,1,3,5,8H2. The monoisotopic (exact) mass is 140 g/mol. The minimum atomic E-state index is 0.834. The van der Waals surface area contributed by atoms with Crippen LogP contribution in [-0.4, -0.2) is 6.54 Å². The second-order valence-corrected chi connectivity index (χ2v) is 2.14. The molecule has 0 bridgehead atoms. The zero-order valence-electron chi connectivity index (χ0n) is 5.84. The number of aryl methyl sites for hydroxylation is 1. The Bertz CT molecular complexity index is 160. The number of furan rings is 1. The first-order valence-electron chi connectivity index (χ1n) is 3.39. The van der Waals surface area contributed by atoms with Crippen LogP contribution >= 0.6 is 0 Å². The van der Waals surface area contributed by atoms with E-state index < -0.39 is 0 Å². The summed E-state index contributed by atoms with van der Waals surface area (Å²) in [5.74, 6) is 6.11. The van der Waals surface area contributed by atoms with Gasteiger partial charge in [0.05, 0.1) is 6.26 Å². The SMILES string of the molecule is NNCCCc1ccco1. The average Bonchev–Trinajstić information content (AvgIpc) is 2.41. The first kappa shape index (κ1) is 7.31.